The Morgan fingerprint density at radius 2 is 1.90 bits per heavy atom. The van der Waals surface area contributed by atoms with Crippen molar-refractivity contribution in [3.8, 4) is 6.01 Å². The van der Waals surface area contributed by atoms with Crippen LogP contribution in [0, 0.1) is 5.41 Å². The van der Waals surface area contributed by atoms with E-state index in [0.717, 1.165) is 13.0 Å². The van der Waals surface area contributed by atoms with Crippen LogP contribution in [0.3, 0.4) is 0 Å². The minimum absolute atomic E-state index is 0.0186. The second-order valence-electron chi connectivity index (χ2n) is 5.54. The first-order valence-corrected chi connectivity index (χ1v) is 7.24. The summed E-state index contributed by atoms with van der Waals surface area (Å²) in [5.41, 5.74) is 2.44. The highest BCUT2D eigenvalue weighted by Gasteiger charge is 2.49. The standard InChI is InChI=1S/C13H24N6O2/c1-5-20-9-7-8(13(9,3)4)15-10-16-11(19-14)18-12(17-10)21-6-2/h8-9H,5-7,14H2,1-4H3,(H2,15,16,17,18,19). The van der Waals surface area contributed by atoms with E-state index in [2.05, 4.69) is 39.5 Å². The zero-order chi connectivity index (χ0) is 15.5. The Balaban J connectivity index is 2.08. The average molecular weight is 296 g/mol. The highest BCUT2D eigenvalue weighted by Crippen LogP contribution is 2.44. The van der Waals surface area contributed by atoms with E-state index in [4.69, 9.17) is 15.3 Å². The van der Waals surface area contributed by atoms with Crippen LogP contribution < -0.4 is 21.3 Å². The van der Waals surface area contributed by atoms with Crippen LogP contribution in [0.2, 0.25) is 0 Å². The van der Waals surface area contributed by atoms with E-state index in [1.54, 1.807) is 0 Å². The van der Waals surface area contributed by atoms with Crippen LogP contribution in [-0.4, -0.2) is 40.3 Å². The molecule has 0 amide bonds. The number of aromatic nitrogens is 3. The van der Waals surface area contributed by atoms with Gasteiger partial charge in [-0.15, -0.1) is 0 Å². The zero-order valence-corrected chi connectivity index (χ0v) is 13.0. The minimum Gasteiger partial charge on any atom is -0.464 e. The molecule has 0 radical (unpaired) electrons. The Morgan fingerprint density at radius 3 is 2.48 bits per heavy atom. The van der Waals surface area contributed by atoms with Crippen LogP contribution in [0.5, 0.6) is 6.01 Å². The van der Waals surface area contributed by atoms with Gasteiger partial charge in [-0.3, -0.25) is 5.43 Å². The molecule has 21 heavy (non-hydrogen) atoms. The first kappa shape index (κ1) is 15.7. The molecule has 8 heteroatoms. The highest BCUT2D eigenvalue weighted by molar-refractivity contribution is 5.37. The SMILES string of the molecule is CCOc1nc(NN)nc(NC2CC(OCC)C2(C)C)n1. The maximum absolute atomic E-state index is 5.72. The van der Waals surface area contributed by atoms with E-state index < -0.39 is 0 Å². The van der Waals surface area contributed by atoms with Gasteiger partial charge in [-0.2, -0.15) is 15.0 Å². The molecule has 1 aromatic rings. The van der Waals surface area contributed by atoms with Gasteiger partial charge < -0.3 is 14.8 Å². The number of hydrazine groups is 1. The molecule has 1 saturated carbocycles. The summed E-state index contributed by atoms with van der Waals surface area (Å²) in [6.07, 6.45) is 1.17. The second kappa shape index (κ2) is 6.40. The predicted octanol–water partition coefficient (Wildman–Crippen LogP) is 1.17. The molecule has 0 spiro atoms. The zero-order valence-electron chi connectivity index (χ0n) is 13.0. The molecule has 118 valence electrons. The lowest BCUT2D eigenvalue weighted by Gasteiger charge is -2.51. The Kier molecular flexibility index (Phi) is 4.79. The van der Waals surface area contributed by atoms with Gasteiger partial charge in [0.25, 0.3) is 0 Å². The lowest BCUT2D eigenvalue weighted by molar-refractivity contribution is -0.0977. The number of nitrogens with zero attached hydrogens (tertiary/aromatic N) is 3. The molecule has 1 fully saturated rings. The van der Waals surface area contributed by atoms with Gasteiger partial charge in [-0.1, -0.05) is 13.8 Å². The molecule has 2 unspecified atom stereocenters. The van der Waals surface area contributed by atoms with Crippen LogP contribution in [0.25, 0.3) is 0 Å². The molecule has 0 aliphatic heterocycles. The van der Waals surface area contributed by atoms with Crippen LogP contribution >= 0.6 is 0 Å². The number of rotatable bonds is 7. The van der Waals surface area contributed by atoms with E-state index in [1.807, 2.05) is 13.8 Å². The van der Waals surface area contributed by atoms with Gasteiger partial charge in [0.1, 0.15) is 0 Å². The lowest BCUT2D eigenvalue weighted by Crippen LogP contribution is -2.58. The Bertz CT molecular complexity index is 482. The largest absolute Gasteiger partial charge is 0.464 e. The maximum atomic E-state index is 5.72. The summed E-state index contributed by atoms with van der Waals surface area (Å²) in [6.45, 7) is 9.42. The van der Waals surface area contributed by atoms with Gasteiger partial charge in [0, 0.05) is 18.1 Å². The van der Waals surface area contributed by atoms with Gasteiger partial charge in [-0.25, -0.2) is 5.84 Å². The summed E-state index contributed by atoms with van der Waals surface area (Å²) < 4.78 is 11.0. The maximum Gasteiger partial charge on any atom is 0.323 e. The monoisotopic (exact) mass is 296 g/mol. The quantitative estimate of drug-likeness (QED) is 0.508. The first-order valence-electron chi connectivity index (χ1n) is 7.24. The van der Waals surface area contributed by atoms with Crippen molar-refractivity contribution in [3.05, 3.63) is 0 Å². The molecule has 0 bridgehead atoms. The van der Waals surface area contributed by atoms with E-state index in [-0.39, 0.29) is 29.5 Å². The molecule has 2 atom stereocenters. The summed E-state index contributed by atoms with van der Waals surface area (Å²) in [5.74, 6) is 6.10. The van der Waals surface area contributed by atoms with Crippen molar-refractivity contribution in [3.63, 3.8) is 0 Å². The Morgan fingerprint density at radius 1 is 1.19 bits per heavy atom. The number of anilines is 2. The van der Waals surface area contributed by atoms with Crippen molar-refractivity contribution < 1.29 is 9.47 Å². The van der Waals surface area contributed by atoms with Crippen molar-refractivity contribution in [2.75, 3.05) is 24.0 Å². The molecule has 1 aliphatic rings. The van der Waals surface area contributed by atoms with Crippen molar-refractivity contribution in [1.82, 2.24) is 15.0 Å². The van der Waals surface area contributed by atoms with Gasteiger partial charge >= 0.3 is 6.01 Å². The summed E-state index contributed by atoms with van der Waals surface area (Å²) in [4.78, 5) is 12.5. The molecule has 1 aliphatic carbocycles. The number of nitrogen functional groups attached to an aromatic ring is 1. The third-order valence-corrected chi connectivity index (χ3v) is 3.87. The topological polar surface area (TPSA) is 107 Å². The fourth-order valence-corrected chi connectivity index (χ4v) is 2.45. The number of hydrogen-bond donors (Lipinski definition) is 3. The third kappa shape index (κ3) is 3.33. The molecule has 4 N–H and O–H groups in total. The normalized spacial score (nSPS) is 23.3. The fraction of sp³-hybridized carbons (Fsp3) is 0.769. The summed E-state index contributed by atoms with van der Waals surface area (Å²) in [7, 11) is 0. The summed E-state index contributed by atoms with van der Waals surface area (Å²) in [5, 5.41) is 3.31. The fourth-order valence-electron chi connectivity index (χ4n) is 2.45. The van der Waals surface area contributed by atoms with Gasteiger partial charge in [0.2, 0.25) is 11.9 Å². The van der Waals surface area contributed by atoms with Crippen LogP contribution in [-0.2, 0) is 4.74 Å². The van der Waals surface area contributed by atoms with Crippen molar-refractivity contribution in [2.45, 2.75) is 46.3 Å². The number of hydrogen-bond acceptors (Lipinski definition) is 8. The van der Waals surface area contributed by atoms with E-state index in [9.17, 15) is 0 Å². The highest BCUT2D eigenvalue weighted by atomic mass is 16.5. The number of ether oxygens (including phenoxy) is 2. The van der Waals surface area contributed by atoms with Crippen LogP contribution in [0.4, 0.5) is 11.9 Å². The third-order valence-electron chi connectivity index (χ3n) is 3.87. The number of nitrogens with one attached hydrogen (secondary N) is 2. The Hall–Kier alpha value is -1.67. The minimum atomic E-state index is 0.0186. The van der Waals surface area contributed by atoms with Crippen LogP contribution in [0.15, 0.2) is 0 Å². The summed E-state index contributed by atoms with van der Waals surface area (Å²) >= 11 is 0. The predicted molar refractivity (Wildman–Crippen MR) is 80.0 cm³/mol. The van der Waals surface area contributed by atoms with E-state index >= 15 is 0 Å². The van der Waals surface area contributed by atoms with Gasteiger partial charge in [0.15, 0.2) is 0 Å². The molecule has 1 heterocycles. The summed E-state index contributed by atoms with van der Waals surface area (Å²) in [6, 6.07) is 0.484. The van der Waals surface area contributed by atoms with Gasteiger partial charge in [-0.05, 0) is 20.3 Å². The lowest BCUT2D eigenvalue weighted by atomic mass is 9.64. The molecule has 0 saturated heterocycles. The molecule has 8 nitrogen and oxygen atoms in total. The van der Waals surface area contributed by atoms with E-state index in [0.29, 0.717) is 12.6 Å². The smallest absolute Gasteiger partial charge is 0.323 e. The molecule has 1 aromatic heterocycles. The van der Waals surface area contributed by atoms with Crippen molar-refractivity contribution in [1.29, 1.82) is 0 Å². The van der Waals surface area contributed by atoms with Crippen molar-refractivity contribution >= 4 is 11.9 Å². The van der Waals surface area contributed by atoms with Crippen molar-refractivity contribution in [2.24, 2.45) is 11.3 Å². The Labute approximate surface area is 124 Å². The molecular weight excluding hydrogens is 272 g/mol. The van der Waals surface area contributed by atoms with Gasteiger partial charge in [0.05, 0.1) is 12.7 Å². The van der Waals surface area contributed by atoms with Crippen LogP contribution in [0.1, 0.15) is 34.1 Å². The average Bonchev–Trinajstić information content (AvgIpc) is 2.46. The number of nitrogens with two attached hydrogens (primary N) is 1. The van der Waals surface area contributed by atoms with E-state index in [1.165, 1.54) is 0 Å². The molecular formula is C13H24N6O2. The molecule has 0 aromatic carbocycles. The first-order chi connectivity index (χ1) is 10.0. The second-order valence-corrected chi connectivity index (χ2v) is 5.54. The molecule has 2 rings (SSSR count).